The number of alkyl halides is 1. The van der Waals surface area contributed by atoms with Crippen LogP contribution in [0, 0.1) is 0 Å². The fourth-order valence-corrected chi connectivity index (χ4v) is 2.85. The Labute approximate surface area is 120 Å². The van der Waals surface area contributed by atoms with Gasteiger partial charge < -0.3 is 16.0 Å². The van der Waals surface area contributed by atoms with Crippen LogP contribution in [0.15, 0.2) is 11.6 Å². The summed E-state index contributed by atoms with van der Waals surface area (Å²) in [6.45, 7) is 2.36. The number of carbonyl (C=O) groups excluding carboxylic acids is 1. The molecule has 1 aliphatic carbocycles. The average Bonchev–Trinajstić information content (AvgIpc) is 2.90. The minimum Gasteiger partial charge on any atom is -0.338 e. The van der Waals surface area contributed by atoms with E-state index in [1.165, 1.54) is 31.3 Å². The van der Waals surface area contributed by atoms with Gasteiger partial charge in [0.2, 0.25) is 5.91 Å². The van der Waals surface area contributed by atoms with Gasteiger partial charge in [0.25, 0.3) is 0 Å². The smallest absolute Gasteiger partial charge is 0.239 e. The third-order valence-electron chi connectivity index (χ3n) is 4.13. The predicted octanol–water partition coefficient (Wildman–Crippen LogP) is 1.36. The second kappa shape index (κ2) is 7.74. The lowest BCUT2D eigenvalue weighted by Gasteiger charge is -2.20. The molecule has 0 bridgehead atoms. The van der Waals surface area contributed by atoms with Crippen molar-refractivity contribution in [3.8, 4) is 0 Å². The Balaban J connectivity index is 1.61. The zero-order valence-electron chi connectivity index (χ0n) is 12.1. The zero-order valence-corrected chi connectivity index (χ0v) is 12.1. The Morgan fingerprint density at radius 2 is 2.40 bits per heavy atom. The fraction of sp³-hybridized carbons (Fsp3) is 0.800. The summed E-state index contributed by atoms with van der Waals surface area (Å²) in [5, 5.41) is 3.35. The lowest BCUT2D eigenvalue weighted by molar-refractivity contribution is -0.131. The molecule has 0 aromatic rings. The van der Waals surface area contributed by atoms with Crippen LogP contribution in [0.3, 0.4) is 0 Å². The predicted molar refractivity (Wildman–Crippen MR) is 78.1 cm³/mol. The number of halogens is 1. The Morgan fingerprint density at radius 1 is 1.55 bits per heavy atom. The number of likely N-dealkylation sites (tertiary alicyclic amines) is 1. The molecule has 0 spiro atoms. The van der Waals surface area contributed by atoms with Crippen LogP contribution < -0.4 is 11.1 Å². The van der Waals surface area contributed by atoms with Crippen LogP contribution in [0.4, 0.5) is 4.39 Å². The van der Waals surface area contributed by atoms with Gasteiger partial charge in [0.15, 0.2) is 0 Å². The van der Waals surface area contributed by atoms with Gasteiger partial charge in [-0.3, -0.25) is 4.79 Å². The molecule has 0 aromatic heterocycles. The molecule has 0 radical (unpaired) electrons. The molecule has 1 saturated heterocycles. The van der Waals surface area contributed by atoms with E-state index in [1.54, 1.807) is 4.90 Å². The van der Waals surface area contributed by atoms with E-state index in [-0.39, 0.29) is 12.5 Å². The summed E-state index contributed by atoms with van der Waals surface area (Å²) in [6, 6.07) is -0.506. The molecule has 2 atom stereocenters. The van der Waals surface area contributed by atoms with Crippen molar-refractivity contribution in [3.63, 3.8) is 0 Å². The first kappa shape index (κ1) is 15.4. The fourth-order valence-electron chi connectivity index (χ4n) is 2.85. The SMILES string of the molecule is N[C@@H](CCNCC1=CCCCC1)C(=O)N1CCC(F)C1. The summed E-state index contributed by atoms with van der Waals surface area (Å²) in [5.74, 6) is -0.108. The maximum absolute atomic E-state index is 13.1. The minimum absolute atomic E-state index is 0.108. The van der Waals surface area contributed by atoms with E-state index in [4.69, 9.17) is 5.73 Å². The molecular formula is C15H26FN3O. The zero-order chi connectivity index (χ0) is 14.4. The summed E-state index contributed by atoms with van der Waals surface area (Å²) in [5.41, 5.74) is 7.36. The summed E-state index contributed by atoms with van der Waals surface area (Å²) >= 11 is 0. The van der Waals surface area contributed by atoms with E-state index in [2.05, 4.69) is 11.4 Å². The van der Waals surface area contributed by atoms with Gasteiger partial charge in [0.05, 0.1) is 12.6 Å². The van der Waals surface area contributed by atoms with Crippen LogP contribution in [0.2, 0.25) is 0 Å². The number of carbonyl (C=O) groups is 1. The Morgan fingerprint density at radius 3 is 3.05 bits per heavy atom. The first-order valence-corrected chi connectivity index (χ1v) is 7.74. The molecule has 1 aliphatic heterocycles. The number of nitrogens with two attached hydrogens (primary N) is 1. The highest BCUT2D eigenvalue weighted by molar-refractivity contribution is 5.81. The molecule has 20 heavy (non-hydrogen) atoms. The van der Waals surface area contributed by atoms with Crippen LogP contribution in [-0.4, -0.2) is 49.2 Å². The number of amides is 1. The Bertz CT molecular complexity index is 359. The molecule has 0 aromatic carbocycles. The molecular weight excluding hydrogens is 257 g/mol. The first-order chi connectivity index (χ1) is 9.66. The minimum atomic E-state index is -0.873. The van der Waals surface area contributed by atoms with Crippen molar-refractivity contribution in [1.82, 2.24) is 10.2 Å². The maximum atomic E-state index is 13.1. The third kappa shape index (κ3) is 4.56. The largest absolute Gasteiger partial charge is 0.338 e. The van der Waals surface area contributed by atoms with Gasteiger partial charge >= 0.3 is 0 Å². The molecule has 2 aliphatic rings. The second-order valence-corrected chi connectivity index (χ2v) is 5.85. The molecule has 1 unspecified atom stereocenters. The van der Waals surface area contributed by atoms with Gasteiger partial charge in [0, 0.05) is 13.1 Å². The van der Waals surface area contributed by atoms with Crippen molar-refractivity contribution in [2.75, 3.05) is 26.2 Å². The lowest BCUT2D eigenvalue weighted by Crippen LogP contribution is -2.44. The maximum Gasteiger partial charge on any atom is 0.239 e. The van der Waals surface area contributed by atoms with Gasteiger partial charge in [-0.15, -0.1) is 0 Å². The number of allylic oxidation sites excluding steroid dienone is 1. The van der Waals surface area contributed by atoms with E-state index in [1.807, 2.05) is 0 Å². The van der Waals surface area contributed by atoms with Crippen molar-refractivity contribution >= 4 is 5.91 Å². The second-order valence-electron chi connectivity index (χ2n) is 5.85. The van der Waals surface area contributed by atoms with Crippen LogP contribution in [0.5, 0.6) is 0 Å². The standard InChI is InChI=1S/C15H26FN3O/c16-13-7-9-19(11-13)15(20)14(17)6-8-18-10-12-4-2-1-3-5-12/h4,13-14,18H,1-3,5-11,17H2/t13?,14-/m0/s1. The van der Waals surface area contributed by atoms with Gasteiger partial charge in [-0.25, -0.2) is 4.39 Å². The van der Waals surface area contributed by atoms with Crippen molar-refractivity contribution in [2.24, 2.45) is 5.73 Å². The molecule has 5 heteroatoms. The number of rotatable bonds is 6. The summed E-state index contributed by atoms with van der Waals surface area (Å²) < 4.78 is 13.1. The van der Waals surface area contributed by atoms with Crippen molar-refractivity contribution in [2.45, 2.75) is 50.7 Å². The number of nitrogens with zero attached hydrogens (tertiary/aromatic N) is 1. The van der Waals surface area contributed by atoms with E-state index in [9.17, 15) is 9.18 Å². The summed E-state index contributed by atoms with van der Waals surface area (Å²) in [6.07, 6.45) is 7.46. The van der Waals surface area contributed by atoms with Crippen LogP contribution >= 0.6 is 0 Å². The third-order valence-corrected chi connectivity index (χ3v) is 4.13. The molecule has 1 heterocycles. The van der Waals surface area contributed by atoms with Gasteiger partial charge in [-0.05, 0) is 45.1 Å². The Hall–Kier alpha value is -0.940. The highest BCUT2D eigenvalue weighted by atomic mass is 19.1. The van der Waals surface area contributed by atoms with Crippen molar-refractivity contribution < 1.29 is 9.18 Å². The quantitative estimate of drug-likeness (QED) is 0.572. The van der Waals surface area contributed by atoms with Gasteiger partial charge in [0.1, 0.15) is 6.17 Å². The lowest BCUT2D eigenvalue weighted by atomic mass is 10.00. The monoisotopic (exact) mass is 283 g/mol. The first-order valence-electron chi connectivity index (χ1n) is 7.74. The topological polar surface area (TPSA) is 58.4 Å². The van der Waals surface area contributed by atoms with Gasteiger partial charge in [-0.2, -0.15) is 0 Å². The van der Waals surface area contributed by atoms with E-state index >= 15 is 0 Å². The van der Waals surface area contributed by atoms with Crippen LogP contribution in [0.25, 0.3) is 0 Å². The Kier molecular flexibility index (Phi) is 5.98. The van der Waals surface area contributed by atoms with E-state index in [0.717, 1.165) is 13.1 Å². The van der Waals surface area contributed by atoms with E-state index < -0.39 is 12.2 Å². The molecule has 1 amide bonds. The van der Waals surface area contributed by atoms with Crippen molar-refractivity contribution in [1.29, 1.82) is 0 Å². The molecule has 114 valence electrons. The number of hydrogen-bond acceptors (Lipinski definition) is 3. The summed E-state index contributed by atoms with van der Waals surface area (Å²) in [4.78, 5) is 13.5. The number of nitrogens with one attached hydrogen (secondary N) is 1. The highest BCUT2D eigenvalue weighted by Crippen LogP contribution is 2.16. The molecule has 0 saturated carbocycles. The highest BCUT2D eigenvalue weighted by Gasteiger charge is 2.28. The average molecular weight is 283 g/mol. The molecule has 4 nitrogen and oxygen atoms in total. The molecule has 1 fully saturated rings. The van der Waals surface area contributed by atoms with Crippen LogP contribution in [0.1, 0.15) is 38.5 Å². The number of hydrogen-bond donors (Lipinski definition) is 2. The summed E-state index contributed by atoms with van der Waals surface area (Å²) in [7, 11) is 0. The van der Waals surface area contributed by atoms with E-state index in [0.29, 0.717) is 19.4 Å². The van der Waals surface area contributed by atoms with Gasteiger partial charge in [-0.1, -0.05) is 11.6 Å². The van der Waals surface area contributed by atoms with Crippen molar-refractivity contribution in [3.05, 3.63) is 11.6 Å². The normalized spacial score (nSPS) is 24.6. The molecule has 2 rings (SSSR count). The molecule has 3 N–H and O–H groups in total. The van der Waals surface area contributed by atoms with Crippen LogP contribution in [-0.2, 0) is 4.79 Å².